The van der Waals surface area contributed by atoms with Gasteiger partial charge in [0.2, 0.25) is 0 Å². The van der Waals surface area contributed by atoms with Crippen LogP contribution in [0.4, 0.5) is 0 Å². The highest BCUT2D eigenvalue weighted by atomic mass is 15.3. The molecule has 3 nitrogen and oxygen atoms in total. The highest BCUT2D eigenvalue weighted by Gasteiger charge is 2.33. The Labute approximate surface area is 118 Å². The summed E-state index contributed by atoms with van der Waals surface area (Å²) in [5, 5.41) is 3.62. The van der Waals surface area contributed by atoms with Gasteiger partial charge in [-0.1, -0.05) is 6.92 Å². The van der Waals surface area contributed by atoms with Crippen molar-refractivity contribution in [3.8, 4) is 0 Å². The lowest BCUT2D eigenvalue weighted by atomic mass is 9.78. The molecule has 0 amide bonds. The van der Waals surface area contributed by atoms with Gasteiger partial charge in [-0.15, -0.1) is 0 Å². The van der Waals surface area contributed by atoms with Gasteiger partial charge < -0.3 is 15.1 Å². The lowest BCUT2D eigenvalue weighted by Gasteiger charge is -2.43. The molecule has 3 aliphatic rings. The van der Waals surface area contributed by atoms with E-state index >= 15 is 0 Å². The topological polar surface area (TPSA) is 18.5 Å². The number of hydrogen-bond donors (Lipinski definition) is 1. The Balaban J connectivity index is 1.44. The molecule has 2 saturated heterocycles. The number of piperazine rings is 1. The first-order valence-electron chi connectivity index (χ1n) is 8.45. The molecular weight excluding hydrogens is 234 g/mol. The Kier molecular flexibility index (Phi) is 4.45. The molecule has 0 aromatic carbocycles. The van der Waals surface area contributed by atoms with Crippen molar-refractivity contribution in [1.82, 2.24) is 15.1 Å². The van der Waals surface area contributed by atoms with Crippen molar-refractivity contribution in [2.75, 3.05) is 52.4 Å². The Morgan fingerprint density at radius 1 is 1.11 bits per heavy atom. The molecule has 110 valence electrons. The zero-order valence-corrected chi connectivity index (χ0v) is 12.7. The second-order valence-electron chi connectivity index (χ2n) is 7.15. The molecule has 3 fully saturated rings. The van der Waals surface area contributed by atoms with E-state index in [1.807, 2.05) is 0 Å². The monoisotopic (exact) mass is 265 g/mol. The smallest absolute Gasteiger partial charge is 0.0110 e. The predicted molar refractivity (Wildman–Crippen MR) is 80.4 cm³/mol. The number of rotatable bonds is 5. The average Bonchev–Trinajstić information content (AvgIpc) is 3.26. The van der Waals surface area contributed by atoms with Crippen LogP contribution in [-0.2, 0) is 0 Å². The second kappa shape index (κ2) is 6.11. The van der Waals surface area contributed by atoms with Gasteiger partial charge in [-0.2, -0.15) is 0 Å². The van der Waals surface area contributed by atoms with Crippen LogP contribution < -0.4 is 5.32 Å². The van der Waals surface area contributed by atoms with Gasteiger partial charge in [0.1, 0.15) is 0 Å². The summed E-state index contributed by atoms with van der Waals surface area (Å²) < 4.78 is 0. The van der Waals surface area contributed by atoms with Gasteiger partial charge in [0.25, 0.3) is 0 Å². The zero-order valence-electron chi connectivity index (χ0n) is 12.7. The third-order valence-electron chi connectivity index (χ3n) is 5.55. The molecule has 0 bridgehead atoms. The third kappa shape index (κ3) is 3.71. The SMILES string of the molecule is CCC1(CN2CCN(CC3CC3)CC2)CCCNC1. The molecule has 1 atom stereocenters. The number of nitrogens with one attached hydrogen (secondary N) is 1. The lowest BCUT2D eigenvalue weighted by molar-refractivity contribution is 0.0657. The van der Waals surface area contributed by atoms with Crippen molar-refractivity contribution in [1.29, 1.82) is 0 Å². The first-order valence-corrected chi connectivity index (χ1v) is 8.45. The normalized spacial score (nSPS) is 34.6. The molecule has 0 aromatic heterocycles. The van der Waals surface area contributed by atoms with E-state index in [4.69, 9.17) is 0 Å². The van der Waals surface area contributed by atoms with Crippen molar-refractivity contribution in [2.45, 2.75) is 39.0 Å². The van der Waals surface area contributed by atoms with Gasteiger partial charge in [0, 0.05) is 45.8 Å². The highest BCUT2D eigenvalue weighted by molar-refractivity contribution is 4.89. The standard InChI is InChI=1S/C16H31N3/c1-2-16(6-3-7-17-13-16)14-19-10-8-18(9-11-19)12-15-4-5-15/h15,17H,2-14H2,1H3. The fourth-order valence-corrected chi connectivity index (χ4v) is 3.85. The van der Waals surface area contributed by atoms with E-state index in [0.29, 0.717) is 5.41 Å². The maximum Gasteiger partial charge on any atom is 0.0110 e. The lowest BCUT2D eigenvalue weighted by Crippen LogP contribution is -2.53. The van der Waals surface area contributed by atoms with Crippen LogP contribution in [0.15, 0.2) is 0 Å². The number of piperidine rings is 1. The molecule has 1 saturated carbocycles. The van der Waals surface area contributed by atoms with Crippen LogP contribution in [0.2, 0.25) is 0 Å². The first-order chi connectivity index (χ1) is 9.30. The van der Waals surface area contributed by atoms with Gasteiger partial charge in [0.05, 0.1) is 0 Å². The Bertz CT molecular complexity index is 274. The van der Waals surface area contributed by atoms with Crippen molar-refractivity contribution >= 4 is 0 Å². The molecule has 1 unspecified atom stereocenters. The van der Waals surface area contributed by atoms with Crippen molar-refractivity contribution in [3.63, 3.8) is 0 Å². The summed E-state index contributed by atoms with van der Waals surface area (Å²) >= 11 is 0. The van der Waals surface area contributed by atoms with Crippen molar-refractivity contribution in [2.24, 2.45) is 11.3 Å². The highest BCUT2D eigenvalue weighted by Crippen LogP contribution is 2.32. The molecule has 1 N–H and O–H groups in total. The zero-order chi connectivity index (χ0) is 13.1. The summed E-state index contributed by atoms with van der Waals surface area (Å²) in [7, 11) is 0. The number of hydrogen-bond acceptors (Lipinski definition) is 3. The molecule has 19 heavy (non-hydrogen) atoms. The van der Waals surface area contributed by atoms with Gasteiger partial charge in [-0.3, -0.25) is 0 Å². The van der Waals surface area contributed by atoms with Crippen LogP contribution in [0.5, 0.6) is 0 Å². The molecule has 3 rings (SSSR count). The quantitative estimate of drug-likeness (QED) is 0.818. The Morgan fingerprint density at radius 2 is 1.84 bits per heavy atom. The maximum absolute atomic E-state index is 3.62. The summed E-state index contributed by atoms with van der Waals surface area (Å²) in [4.78, 5) is 5.44. The summed E-state index contributed by atoms with van der Waals surface area (Å²) in [5.41, 5.74) is 0.566. The molecular formula is C16H31N3. The van der Waals surface area contributed by atoms with Crippen LogP contribution in [0.25, 0.3) is 0 Å². The molecule has 2 aliphatic heterocycles. The summed E-state index contributed by atoms with van der Waals surface area (Å²) in [6.45, 7) is 12.8. The third-order valence-corrected chi connectivity index (χ3v) is 5.55. The minimum Gasteiger partial charge on any atom is -0.316 e. The van der Waals surface area contributed by atoms with Gasteiger partial charge >= 0.3 is 0 Å². The molecule has 0 aromatic rings. The van der Waals surface area contributed by atoms with Gasteiger partial charge in [0.15, 0.2) is 0 Å². The van der Waals surface area contributed by atoms with E-state index in [1.165, 1.54) is 84.5 Å². The Morgan fingerprint density at radius 3 is 2.42 bits per heavy atom. The molecule has 1 aliphatic carbocycles. The molecule has 2 heterocycles. The maximum atomic E-state index is 3.62. The second-order valence-corrected chi connectivity index (χ2v) is 7.15. The predicted octanol–water partition coefficient (Wildman–Crippen LogP) is 1.79. The minimum absolute atomic E-state index is 0.566. The van der Waals surface area contributed by atoms with E-state index in [9.17, 15) is 0 Å². The van der Waals surface area contributed by atoms with Crippen molar-refractivity contribution < 1.29 is 0 Å². The average molecular weight is 265 g/mol. The summed E-state index contributed by atoms with van der Waals surface area (Å²) in [5.74, 6) is 1.05. The summed E-state index contributed by atoms with van der Waals surface area (Å²) in [6.07, 6.45) is 7.12. The van der Waals surface area contributed by atoms with E-state index in [2.05, 4.69) is 22.0 Å². The number of nitrogens with zero attached hydrogens (tertiary/aromatic N) is 2. The Hall–Kier alpha value is -0.120. The van der Waals surface area contributed by atoms with Gasteiger partial charge in [-0.05, 0) is 50.0 Å². The van der Waals surface area contributed by atoms with E-state index < -0.39 is 0 Å². The largest absolute Gasteiger partial charge is 0.316 e. The fourth-order valence-electron chi connectivity index (χ4n) is 3.85. The van der Waals surface area contributed by atoms with E-state index in [-0.39, 0.29) is 0 Å². The van der Waals surface area contributed by atoms with Crippen LogP contribution >= 0.6 is 0 Å². The summed E-state index contributed by atoms with van der Waals surface area (Å²) in [6, 6.07) is 0. The minimum atomic E-state index is 0.566. The first kappa shape index (κ1) is 13.8. The van der Waals surface area contributed by atoms with Crippen LogP contribution in [0, 0.1) is 11.3 Å². The van der Waals surface area contributed by atoms with E-state index in [1.54, 1.807) is 0 Å². The van der Waals surface area contributed by atoms with Crippen LogP contribution in [-0.4, -0.2) is 62.2 Å². The van der Waals surface area contributed by atoms with Crippen molar-refractivity contribution in [3.05, 3.63) is 0 Å². The van der Waals surface area contributed by atoms with Gasteiger partial charge in [-0.25, -0.2) is 0 Å². The molecule has 3 heteroatoms. The van der Waals surface area contributed by atoms with Crippen LogP contribution in [0.1, 0.15) is 39.0 Å². The molecule has 0 spiro atoms. The van der Waals surface area contributed by atoms with Crippen LogP contribution in [0.3, 0.4) is 0 Å². The molecule has 0 radical (unpaired) electrons. The fraction of sp³-hybridized carbons (Fsp3) is 1.00. The van der Waals surface area contributed by atoms with E-state index in [0.717, 1.165) is 5.92 Å².